The van der Waals surface area contributed by atoms with E-state index in [0.717, 1.165) is 17.7 Å². The molecule has 0 spiro atoms. The van der Waals surface area contributed by atoms with Gasteiger partial charge in [-0.05, 0) is 30.7 Å². The number of anilines is 1. The summed E-state index contributed by atoms with van der Waals surface area (Å²) in [5.41, 5.74) is 7.63. The predicted octanol–water partition coefficient (Wildman–Crippen LogP) is 1.40. The number of rotatable bonds is 3. The fourth-order valence-corrected chi connectivity index (χ4v) is 2.69. The van der Waals surface area contributed by atoms with Gasteiger partial charge in [-0.2, -0.15) is 5.10 Å². The van der Waals surface area contributed by atoms with Crippen molar-refractivity contribution in [1.82, 2.24) is 19.7 Å². The molecule has 0 saturated heterocycles. The summed E-state index contributed by atoms with van der Waals surface area (Å²) in [5, 5.41) is 7.96. The van der Waals surface area contributed by atoms with Gasteiger partial charge in [0.25, 0.3) is 0 Å². The molecule has 0 radical (unpaired) electrons. The van der Waals surface area contributed by atoms with Gasteiger partial charge in [0.15, 0.2) is 0 Å². The van der Waals surface area contributed by atoms with E-state index in [2.05, 4.69) is 21.7 Å². The summed E-state index contributed by atoms with van der Waals surface area (Å²) in [6.07, 6.45) is 5.21. The molecule has 1 aliphatic heterocycles. The topological polar surface area (TPSA) is 77.0 Å². The van der Waals surface area contributed by atoms with Crippen molar-refractivity contribution in [3.63, 3.8) is 0 Å². The van der Waals surface area contributed by atoms with Crippen molar-refractivity contribution in [3.05, 3.63) is 41.9 Å². The highest BCUT2D eigenvalue weighted by molar-refractivity contribution is 5.77. The van der Waals surface area contributed by atoms with E-state index >= 15 is 0 Å². The average molecular weight is 285 g/mol. The highest BCUT2D eigenvalue weighted by Crippen LogP contribution is 2.20. The zero-order chi connectivity index (χ0) is 14.8. The smallest absolute Gasteiger partial charge is 0.224 e. The number of nitrogens with zero attached hydrogens (tertiary/aromatic N) is 4. The lowest BCUT2D eigenvalue weighted by Crippen LogP contribution is -2.37. The molecule has 2 aromatic rings. The maximum absolute atomic E-state index is 12.4. The fourth-order valence-electron chi connectivity index (χ4n) is 2.69. The molecule has 3 rings (SSSR count). The molecule has 21 heavy (non-hydrogen) atoms. The van der Waals surface area contributed by atoms with Crippen LogP contribution in [0.5, 0.6) is 0 Å². The van der Waals surface area contributed by atoms with Gasteiger partial charge in [-0.1, -0.05) is 0 Å². The lowest BCUT2D eigenvalue weighted by Gasteiger charge is -2.29. The second kappa shape index (κ2) is 5.55. The second-order valence-electron chi connectivity index (χ2n) is 5.49. The maximum Gasteiger partial charge on any atom is 0.224 e. The molecule has 1 aliphatic rings. The summed E-state index contributed by atoms with van der Waals surface area (Å²) < 4.78 is 2.05. The standard InChI is InChI=1S/C15H19N5O/c1-11(19-5-2-3-6-19)8-15(21)20-7-4-13-12(10-20)9-14(16)18-17-13/h2-3,5-6,9,11H,4,7-8,10H2,1H3,(H2,16,18)/t11-/m1/s1. The SMILES string of the molecule is C[C@H](CC(=O)N1CCc2nnc(N)cc2C1)n1cccc1. The van der Waals surface area contributed by atoms with Crippen LogP contribution in [0.1, 0.15) is 30.6 Å². The first kappa shape index (κ1) is 13.6. The van der Waals surface area contributed by atoms with E-state index in [9.17, 15) is 4.79 Å². The van der Waals surface area contributed by atoms with E-state index < -0.39 is 0 Å². The number of fused-ring (bicyclic) bond motifs is 1. The summed E-state index contributed by atoms with van der Waals surface area (Å²) in [5.74, 6) is 0.570. The van der Waals surface area contributed by atoms with Gasteiger partial charge < -0.3 is 15.2 Å². The lowest BCUT2D eigenvalue weighted by molar-refractivity contribution is -0.132. The Morgan fingerprint density at radius 2 is 2.14 bits per heavy atom. The number of nitrogens with two attached hydrogens (primary N) is 1. The van der Waals surface area contributed by atoms with Crippen molar-refractivity contribution in [1.29, 1.82) is 0 Å². The molecule has 2 N–H and O–H groups in total. The highest BCUT2D eigenvalue weighted by Gasteiger charge is 2.23. The molecule has 0 unspecified atom stereocenters. The van der Waals surface area contributed by atoms with Gasteiger partial charge >= 0.3 is 0 Å². The molecule has 0 aliphatic carbocycles. The first-order valence-corrected chi connectivity index (χ1v) is 7.14. The molecule has 0 saturated carbocycles. The van der Waals surface area contributed by atoms with Gasteiger partial charge in [-0.25, -0.2) is 0 Å². The fraction of sp³-hybridized carbons (Fsp3) is 0.400. The van der Waals surface area contributed by atoms with E-state index in [1.807, 2.05) is 35.5 Å². The highest BCUT2D eigenvalue weighted by atomic mass is 16.2. The third-order valence-electron chi connectivity index (χ3n) is 3.92. The normalized spacial score (nSPS) is 15.6. The van der Waals surface area contributed by atoms with E-state index in [-0.39, 0.29) is 11.9 Å². The van der Waals surface area contributed by atoms with Gasteiger partial charge in [0.2, 0.25) is 5.91 Å². The molecule has 1 amide bonds. The van der Waals surface area contributed by atoms with Crippen LogP contribution in [0.3, 0.4) is 0 Å². The summed E-state index contributed by atoms with van der Waals surface area (Å²) in [4.78, 5) is 14.3. The molecule has 2 aromatic heterocycles. The van der Waals surface area contributed by atoms with Crippen LogP contribution >= 0.6 is 0 Å². The minimum atomic E-state index is 0.162. The van der Waals surface area contributed by atoms with Crippen molar-refractivity contribution in [2.45, 2.75) is 32.4 Å². The summed E-state index contributed by atoms with van der Waals surface area (Å²) in [6, 6.07) is 5.92. The quantitative estimate of drug-likeness (QED) is 0.924. The summed E-state index contributed by atoms with van der Waals surface area (Å²) in [6.45, 7) is 3.33. The summed E-state index contributed by atoms with van der Waals surface area (Å²) in [7, 11) is 0. The predicted molar refractivity (Wildman–Crippen MR) is 79.3 cm³/mol. The number of amides is 1. The van der Waals surface area contributed by atoms with Gasteiger partial charge in [-0.15, -0.1) is 5.10 Å². The van der Waals surface area contributed by atoms with Crippen LogP contribution in [0.25, 0.3) is 0 Å². The monoisotopic (exact) mass is 285 g/mol. The van der Waals surface area contributed by atoms with Crippen LogP contribution in [-0.4, -0.2) is 32.1 Å². The van der Waals surface area contributed by atoms with Crippen LogP contribution in [0, 0.1) is 0 Å². The number of carbonyl (C=O) groups is 1. The Labute approximate surface area is 123 Å². The Hall–Kier alpha value is -2.37. The Balaban J connectivity index is 1.67. The number of nitrogen functional groups attached to an aromatic ring is 1. The molecule has 110 valence electrons. The third-order valence-corrected chi connectivity index (χ3v) is 3.92. The molecule has 0 bridgehead atoms. The first-order valence-electron chi connectivity index (χ1n) is 7.14. The van der Waals surface area contributed by atoms with Gasteiger partial charge in [0.05, 0.1) is 5.69 Å². The molecule has 6 heteroatoms. The third kappa shape index (κ3) is 2.89. The van der Waals surface area contributed by atoms with E-state index in [1.165, 1.54) is 0 Å². The van der Waals surface area contributed by atoms with Crippen molar-refractivity contribution in [3.8, 4) is 0 Å². The Morgan fingerprint density at radius 1 is 1.38 bits per heavy atom. The van der Waals surface area contributed by atoms with Crippen LogP contribution < -0.4 is 5.73 Å². The zero-order valence-corrected chi connectivity index (χ0v) is 12.1. The molecular weight excluding hydrogens is 266 g/mol. The van der Waals surface area contributed by atoms with E-state index in [0.29, 0.717) is 25.3 Å². The molecule has 6 nitrogen and oxygen atoms in total. The lowest BCUT2D eigenvalue weighted by atomic mass is 10.1. The van der Waals surface area contributed by atoms with Crippen LogP contribution in [0.2, 0.25) is 0 Å². The number of hydrogen-bond acceptors (Lipinski definition) is 4. The van der Waals surface area contributed by atoms with Gasteiger partial charge in [0, 0.05) is 44.4 Å². The molecule has 3 heterocycles. The van der Waals surface area contributed by atoms with Crippen molar-refractivity contribution < 1.29 is 4.79 Å². The number of hydrogen-bond donors (Lipinski definition) is 1. The van der Waals surface area contributed by atoms with Crippen molar-refractivity contribution in [2.75, 3.05) is 12.3 Å². The minimum absolute atomic E-state index is 0.162. The second-order valence-corrected chi connectivity index (χ2v) is 5.49. The van der Waals surface area contributed by atoms with Crippen molar-refractivity contribution >= 4 is 11.7 Å². The number of carbonyl (C=O) groups excluding carboxylic acids is 1. The van der Waals surface area contributed by atoms with Crippen LogP contribution in [0.15, 0.2) is 30.6 Å². The van der Waals surface area contributed by atoms with E-state index in [4.69, 9.17) is 5.73 Å². The Morgan fingerprint density at radius 3 is 2.90 bits per heavy atom. The molecular formula is C15H19N5O. The Kier molecular flexibility index (Phi) is 3.60. The summed E-state index contributed by atoms with van der Waals surface area (Å²) >= 11 is 0. The van der Waals surface area contributed by atoms with Crippen molar-refractivity contribution in [2.24, 2.45) is 0 Å². The van der Waals surface area contributed by atoms with E-state index in [1.54, 1.807) is 0 Å². The molecule has 0 fully saturated rings. The zero-order valence-electron chi connectivity index (χ0n) is 12.1. The van der Waals surface area contributed by atoms with Crippen LogP contribution in [0.4, 0.5) is 5.82 Å². The molecule has 1 atom stereocenters. The van der Waals surface area contributed by atoms with Gasteiger partial charge in [-0.3, -0.25) is 4.79 Å². The van der Waals surface area contributed by atoms with Crippen LogP contribution in [-0.2, 0) is 17.8 Å². The Bertz CT molecular complexity index is 638. The average Bonchev–Trinajstić information content (AvgIpc) is 3.00. The maximum atomic E-state index is 12.4. The minimum Gasteiger partial charge on any atom is -0.382 e. The molecule has 0 aromatic carbocycles. The first-order chi connectivity index (χ1) is 10.1. The van der Waals surface area contributed by atoms with Gasteiger partial charge in [0.1, 0.15) is 5.82 Å². The number of aromatic nitrogens is 3. The largest absolute Gasteiger partial charge is 0.382 e.